The average molecular weight is 274 g/mol. The Balaban J connectivity index is 2.39. The highest BCUT2D eigenvalue weighted by Crippen LogP contribution is 2.28. The number of rotatable bonds is 2. The molecule has 1 aliphatic carbocycles. The molecule has 0 atom stereocenters. The maximum Gasteiger partial charge on any atom is 0.0994 e. The fourth-order valence-corrected chi connectivity index (χ4v) is 2.24. The molecule has 0 N–H and O–H groups in total. The Morgan fingerprint density at radius 1 is 1.25 bits per heavy atom. The molecule has 1 aliphatic rings. The molecular formula is C14H12BrN. The Labute approximate surface area is 104 Å². The van der Waals surface area contributed by atoms with E-state index < -0.39 is 0 Å². The lowest BCUT2D eigenvalue weighted by atomic mass is 9.92. The molecule has 0 bridgehead atoms. The zero-order chi connectivity index (χ0) is 11.4. The van der Waals surface area contributed by atoms with Crippen molar-refractivity contribution in [2.45, 2.75) is 18.2 Å². The maximum atomic E-state index is 9.06. The van der Waals surface area contributed by atoms with Crippen LogP contribution in [0.2, 0.25) is 0 Å². The van der Waals surface area contributed by atoms with E-state index in [9.17, 15) is 0 Å². The van der Waals surface area contributed by atoms with E-state index in [1.54, 1.807) is 0 Å². The molecule has 2 rings (SSSR count). The van der Waals surface area contributed by atoms with E-state index in [4.69, 9.17) is 5.26 Å². The van der Waals surface area contributed by atoms with Crippen molar-refractivity contribution in [1.82, 2.24) is 0 Å². The molecule has 0 saturated heterocycles. The summed E-state index contributed by atoms with van der Waals surface area (Å²) in [5, 5.41) is 9.93. The van der Waals surface area contributed by atoms with Gasteiger partial charge in [-0.2, -0.15) is 5.26 Å². The van der Waals surface area contributed by atoms with Crippen LogP contribution in [0.3, 0.4) is 0 Å². The van der Waals surface area contributed by atoms with Crippen LogP contribution in [0.15, 0.2) is 42.0 Å². The molecule has 16 heavy (non-hydrogen) atoms. The fourth-order valence-electron chi connectivity index (χ4n) is 1.86. The Bertz CT molecular complexity index is 474. The summed E-state index contributed by atoms with van der Waals surface area (Å²) in [6, 6.07) is 10.7. The van der Waals surface area contributed by atoms with Crippen LogP contribution in [0.5, 0.6) is 0 Å². The lowest BCUT2D eigenvalue weighted by molar-refractivity contribution is 1.04. The first-order chi connectivity index (χ1) is 7.85. The molecular weight excluding hydrogens is 262 g/mol. The second-order valence-corrected chi connectivity index (χ2v) is 4.34. The van der Waals surface area contributed by atoms with Crippen LogP contribution in [0.4, 0.5) is 0 Å². The lowest BCUT2D eigenvalue weighted by Gasteiger charge is -2.12. The van der Waals surface area contributed by atoms with Crippen LogP contribution >= 0.6 is 15.9 Å². The Morgan fingerprint density at radius 2 is 2.00 bits per heavy atom. The molecule has 0 saturated carbocycles. The van der Waals surface area contributed by atoms with Gasteiger partial charge in [0.15, 0.2) is 0 Å². The third-order valence-corrected chi connectivity index (χ3v) is 3.40. The van der Waals surface area contributed by atoms with Crippen molar-refractivity contribution in [2.24, 2.45) is 0 Å². The van der Waals surface area contributed by atoms with Gasteiger partial charge in [0.05, 0.1) is 11.6 Å². The largest absolute Gasteiger partial charge is 0.192 e. The molecule has 2 heteroatoms. The first-order valence-electron chi connectivity index (χ1n) is 5.30. The third kappa shape index (κ3) is 2.25. The van der Waals surface area contributed by atoms with E-state index in [0.717, 1.165) is 23.7 Å². The van der Waals surface area contributed by atoms with E-state index in [-0.39, 0.29) is 0 Å². The maximum absolute atomic E-state index is 9.06. The summed E-state index contributed by atoms with van der Waals surface area (Å²) in [5.74, 6) is 0. The Hall–Kier alpha value is -1.33. The van der Waals surface area contributed by atoms with Gasteiger partial charge in [-0.1, -0.05) is 46.3 Å². The van der Waals surface area contributed by atoms with Crippen molar-refractivity contribution in [1.29, 1.82) is 5.26 Å². The van der Waals surface area contributed by atoms with Crippen LogP contribution in [-0.2, 0) is 5.33 Å². The van der Waals surface area contributed by atoms with Crippen molar-refractivity contribution < 1.29 is 0 Å². The fraction of sp³-hybridized carbons (Fsp3) is 0.214. The van der Waals surface area contributed by atoms with Crippen LogP contribution < -0.4 is 0 Å². The number of benzene rings is 1. The summed E-state index contributed by atoms with van der Waals surface area (Å²) in [5.41, 5.74) is 4.41. The number of allylic oxidation sites excluding steroid dienone is 4. The topological polar surface area (TPSA) is 23.8 Å². The van der Waals surface area contributed by atoms with Crippen LogP contribution in [0.1, 0.15) is 24.0 Å². The van der Waals surface area contributed by atoms with E-state index >= 15 is 0 Å². The molecule has 0 amide bonds. The van der Waals surface area contributed by atoms with E-state index in [2.05, 4.69) is 52.3 Å². The van der Waals surface area contributed by atoms with E-state index in [1.165, 1.54) is 16.7 Å². The molecule has 0 aliphatic heterocycles. The van der Waals surface area contributed by atoms with Crippen LogP contribution in [0.25, 0.3) is 5.57 Å². The van der Waals surface area contributed by atoms with Gasteiger partial charge < -0.3 is 0 Å². The van der Waals surface area contributed by atoms with Gasteiger partial charge in [-0.05, 0) is 35.6 Å². The predicted octanol–water partition coefficient (Wildman–Crippen LogP) is 4.21. The molecule has 1 aromatic rings. The Morgan fingerprint density at radius 3 is 2.62 bits per heavy atom. The standard InChI is InChI=1S/C14H12BrN/c15-9-11-5-7-12(8-6-11)14-4-2-1-3-13(14)10-16/h1,3,5-8H,2,4,9H2. The van der Waals surface area contributed by atoms with Gasteiger partial charge in [-0.3, -0.25) is 0 Å². The SMILES string of the molecule is N#CC1=C(c2ccc(CBr)cc2)CCC=C1. The minimum atomic E-state index is 0.804. The number of nitriles is 1. The first-order valence-corrected chi connectivity index (χ1v) is 6.42. The molecule has 0 spiro atoms. The summed E-state index contributed by atoms with van der Waals surface area (Å²) in [6.07, 6.45) is 5.99. The highest BCUT2D eigenvalue weighted by molar-refractivity contribution is 9.08. The van der Waals surface area contributed by atoms with Gasteiger partial charge in [0.1, 0.15) is 0 Å². The van der Waals surface area contributed by atoms with Crippen LogP contribution in [-0.4, -0.2) is 0 Å². The molecule has 0 fully saturated rings. The van der Waals surface area contributed by atoms with Gasteiger partial charge in [0.2, 0.25) is 0 Å². The molecule has 80 valence electrons. The molecule has 1 nitrogen and oxygen atoms in total. The summed E-state index contributed by atoms with van der Waals surface area (Å²) < 4.78 is 0. The average Bonchev–Trinajstić information content (AvgIpc) is 2.39. The second kappa shape index (κ2) is 5.14. The van der Waals surface area contributed by atoms with Gasteiger partial charge >= 0.3 is 0 Å². The predicted molar refractivity (Wildman–Crippen MR) is 70.0 cm³/mol. The highest BCUT2D eigenvalue weighted by Gasteiger charge is 2.09. The first kappa shape index (κ1) is 11.2. The van der Waals surface area contributed by atoms with Crippen molar-refractivity contribution in [2.75, 3.05) is 0 Å². The highest BCUT2D eigenvalue weighted by atomic mass is 79.9. The molecule has 0 unspecified atom stereocenters. The zero-order valence-electron chi connectivity index (χ0n) is 8.91. The molecule has 1 aromatic carbocycles. The number of halogens is 1. The number of nitrogens with zero attached hydrogens (tertiary/aromatic N) is 1. The quantitative estimate of drug-likeness (QED) is 0.741. The normalized spacial score (nSPS) is 15.0. The van der Waals surface area contributed by atoms with E-state index in [1.807, 2.05) is 6.08 Å². The molecule has 0 aromatic heterocycles. The van der Waals surface area contributed by atoms with Gasteiger partial charge in [0, 0.05) is 5.33 Å². The summed E-state index contributed by atoms with van der Waals surface area (Å²) in [7, 11) is 0. The van der Waals surface area contributed by atoms with Crippen LogP contribution in [0, 0.1) is 11.3 Å². The third-order valence-electron chi connectivity index (χ3n) is 2.75. The number of alkyl halides is 1. The monoisotopic (exact) mass is 273 g/mol. The lowest BCUT2D eigenvalue weighted by Crippen LogP contribution is -1.93. The van der Waals surface area contributed by atoms with Crippen molar-refractivity contribution in [3.63, 3.8) is 0 Å². The summed E-state index contributed by atoms with van der Waals surface area (Å²) in [6.45, 7) is 0. The molecule has 0 radical (unpaired) electrons. The number of hydrogen-bond donors (Lipinski definition) is 0. The summed E-state index contributed by atoms with van der Waals surface area (Å²) in [4.78, 5) is 0. The van der Waals surface area contributed by atoms with Gasteiger partial charge in [-0.15, -0.1) is 0 Å². The van der Waals surface area contributed by atoms with Gasteiger partial charge in [0.25, 0.3) is 0 Å². The van der Waals surface area contributed by atoms with Crippen molar-refractivity contribution >= 4 is 21.5 Å². The van der Waals surface area contributed by atoms with E-state index in [0.29, 0.717) is 0 Å². The van der Waals surface area contributed by atoms with Crippen molar-refractivity contribution in [3.05, 3.63) is 53.1 Å². The number of hydrogen-bond acceptors (Lipinski definition) is 1. The second-order valence-electron chi connectivity index (χ2n) is 3.78. The smallest absolute Gasteiger partial charge is 0.0994 e. The minimum absolute atomic E-state index is 0.804. The Kier molecular flexibility index (Phi) is 3.58. The summed E-state index contributed by atoms with van der Waals surface area (Å²) >= 11 is 3.43. The minimum Gasteiger partial charge on any atom is -0.192 e. The van der Waals surface area contributed by atoms with Crippen molar-refractivity contribution in [3.8, 4) is 6.07 Å². The zero-order valence-corrected chi connectivity index (χ0v) is 10.5. The molecule has 0 heterocycles. The van der Waals surface area contributed by atoms with Gasteiger partial charge in [-0.25, -0.2) is 0 Å².